The van der Waals surface area contributed by atoms with Crippen LogP contribution in [-0.2, 0) is 10.2 Å². The third kappa shape index (κ3) is 4.58. The number of halogens is 1. The largest absolute Gasteiger partial charge is 0.322 e. The molecule has 1 saturated heterocycles. The van der Waals surface area contributed by atoms with Crippen molar-refractivity contribution in [2.24, 2.45) is 0 Å². The summed E-state index contributed by atoms with van der Waals surface area (Å²) in [6, 6.07) is 15.9. The van der Waals surface area contributed by atoms with E-state index in [-0.39, 0.29) is 10.6 Å². The third-order valence-corrected chi connectivity index (χ3v) is 7.73. The molecule has 0 aliphatic carbocycles. The summed E-state index contributed by atoms with van der Waals surface area (Å²) in [5.41, 5.74) is 4.74. The van der Waals surface area contributed by atoms with E-state index in [2.05, 4.69) is 20.0 Å². The smallest absolute Gasteiger partial charge is 0.301 e. The molecule has 35 heavy (non-hydrogen) atoms. The number of carbonyl (C=O) groups excluding carboxylic acids is 1. The van der Waals surface area contributed by atoms with Gasteiger partial charge < -0.3 is 5.32 Å². The van der Waals surface area contributed by atoms with E-state index in [0.717, 1.165) is 27.7 Å². The molecule has 178 valence electrons. The van der Waals surface area contributed by atoms with E-state index >= 15 is 0 Å². The van der Waals surface area contributed by atoms with Crippen LogP contribution in [0.25, 0.3) is 22.2 Å². The average Bonchev–Trinajstić information content (AvgIpc) is 2.84. The minimum absolute atomic E-state index is 0.162. The minimum Gasteiger partial charge on any atom is -0.322 e. The lowest BCUT2D eigenvalue weighted by molar-refractivity contribution is 0.102. The number of aromatic nitrogens is 2. The first-order valence-electron chi connectivity index (χ1n) is 11.0. The number of pyridine rings is 2. The Balaban J connectivity index is 1.43. The van der Waals surface area contributed by atoms with Crippen molar-refractivity contribution in [3.05, 3.63) is 83.1 Å². The van der Waals surface area contributed by atoms with Crippen LogP contribution in [0.4, 0.5) is 11.4 Å². The highest BCUT2D eigenvalue weighted by molar-refractivity contribution is 7.90. The summed E-state index contributed by atoms with van der Waals surface area (Å²) < 4.78 is 28.3. The zero-order valence-corrected chi connectivity index (χ0v) is 20.4. The molecule has 2 aromatic heterocycles. The third-order valence-electron chi connectivity index (χ3n) is 5.88. The van der Waals surface area contributed by atoms with Crippen LogP contribution in [0.5, 0.6) is 0 Å². The zero-order chi connectivity index (χ0) is 24.6. The Morgan fingerprint density at radius 1 is 1.09 bits per heavy atom. The highest BCUT2D eigenvalue weighted by Gasteiger charge is 2.26. The van der Waals surface area contributed by atoms with Gasteiger partial charge in [0.2, 0.25) is 0 Å². The molecule has 1 aliphatic rings. The number of benzene rings is 2. The molecule has 0 unspecified atom stereocenters. The lowest BCUT2D eigenvalue weighted by Gasteiger charge is -2.28. The molecule has 10 heteroatoms. The number of amides is 1. The van der Waals surface area contributed by atoms with Crippen LogP contribution in [0.3, 0.4) is 0 Å². The predicted octanol–water partition coefficient (Wildman–Crippen LogP) is 4.56. The number of rotatable bonds is 4. The average molecular weight is 508 g/mol. The van der Waals surface area contributed by atoms with Gasteiger partial charge in [0.15, 0.2) is 0 Å². The summed E-state index contributed by atoms with van der Waals surface area (Å²) in [6.45, 7) is 2.73. The Labute approximate surface area is 208 Å². The van der Waals surface area contributed by atoms with Crippen molar-refractivity contribution in [1.82, 2.24) is 14.7 Å². The van der Waals surface area contributed by atoms with Crippen molar-refractivity contribution >= 4 is 50.0 Å². The topological polar surface area (TPSA) is 104 Å². The minimum atomic E-state index is -3.61. The van der Waals surface area contributed by atoms with Gasteiger partial charge in [0.05, 0.1) is 27.5 Å². The molecule has 4 aromatic rings. The molecule has 8 nitrogen and oxygen atoms in total. The summed E-state index contributed by atoms with van der Waals surface area (Å²) >= 11 is 6.40. The fourth-order valence-corrected chi connectivity index (χ4v) is 5.68. The maximum absolute atomic E-state index is 13.0. The first kappa shape index (κ1) is 23.2. The molecule has 3 heterocycles. The Morgan fingerprint density at radius 2 is 1.94 bits per heavy atom. The van der Waals surface area contributed by atoms with Crippen LogP contribution < -0.4 is 14.3 Å². The van der Waals surface area contributed by atoms with Crippen LogP contribution in [0.1, 0.15) is 22.3 Å². The second kappa shape index (κ2) is 9.26. The van der Waals surface area contributed by atoms with Crippen molar-refractivity contribution in [2.45, 2.75) is 13.3 Å². The summed E-state index contributed by atoms with van der Waals surface area (Å²) in [7, 11) is -3.61. The van der Waals surface area contributed by atoms with Gasteiger partial charge in [-0.1, -0.05) is 17.7 Å². The van der Waals surface area contributed by atoms with Gasteiger partial charge in [0.1, 0.15) is 0 Å². The number of anilines is 2. The van der Waals surface area contributed by atoms with Gasteiger partial charge in [-0.3, -0.25) is 19.1 Å². The number of nitrogens with one attached hydrogen (secondary N) is 2. The lowest BCUT2D eigenvalue weighted by atomic mass is 10.0. The molecule has 0 radical (unpaired) electrons. The fraction of sp³-hybridized carbons (Fsp3) is 0.160. The Kier molecular flexibility index (Phi) is 6.14. The highest BCUT2D eigenvalue weighted by Crippen LogP contribution is 2.31. The van der Waals surface area contributed by atoms with E-state index in [4.69, 9.17) is 11.6 Å². The summed E-state index contributed by atoms with van der Waals surface area (Å²) in [4.78, 5) is 22.0. The van der Waals surface area contributed by atoms with Gasteiger partial charge in [-0.15, -0.1) is 0 Å². The number of hydrogen-bond donors (Lipinski definition) is 2. The predicted molar refractivity (Wildman–Crippen MR) is 138 cm³/mol. The molecule has 0 bridgehead atoms. The van der Waals surface area contributed by atoms with Crippen LogP contribution in [0.15, 0.2) is 67.0 Å². The molecule has 2 N–H and O–H groups in total. The monoisotopic (exact) mass is 507 g/mol. The molecule has 1 fully saturated rings. The maximum atomic E-state index is 13.0. The second-order valence-electron chi connectivity index (χ2n) is 8.20. The van der Waals surface area contributed by atoms with Crippen molar-refractivity contribution in [3.63, 3.8) is 0 Å². The number of aryl methyl sites for hydroxylation is 1. The summed E-state index contributed by atoms with van der Waals surface area (Å²) in [5, 5.41) is 3.97. The number of hydrogen-bond acceptors (Lipinski definition) is 5. The fourth-order valence-electron chi connectivity index (χ4n) is 4.10. The Morgan fingerprint density at radius 3 is 2.74 bits per heavy atom. The van der Waals surface area contributed by atoms with E-state index < -0.39 is 16.1 Å². The van der Waals surface area contributed by atoms with E-state index in [9.17, 15) is 13.2 Å². The molecular weight excluding hydrogens is 486 g/mol. The van der Waals surface area contributed by atoms with E-state index in [0.29, 0.717) is 30.9 Å². The van der Waals surface area contributed by atoms with Gasteiger partial charge in [-0.05, 0) is 67.4 Å². The van der Waals surface area contributed by atoms with E-state index in [1.807, 2.05) is 43.3 Å². The summed E-state index contributed by atoms with van der Waals surface area (Å²) in [6.07, 6.45) is 4.13. The first-order valence-corrected chi connectivity index (χ1v) is 12.8. The molecule has 0 spiro atoms. The number of fused-ring (bicyclic) bond motifs is 1. The van der Waals surface area contributed by atoms with E-state index in [1.54, 1.807) is 18.5 Å². The molecular formula is C25H22ClN5O3S. The van der Waals surface area contributed by atoms with Crippen molar-refractivity contribution < 1.29 is 13.2 Å². The van der Waals surface area contributed by atoms with Gasteiger partial charge in [-0.25, -0.2) is 0 Å². The van der Waals surface area contributed by atoms with E-state index in [1.165, 1.54) is 16.4 Å². The van der Waals surface area contributed by atoms with Crippen LogP contribution in [-0.4, -0.2) is 37.4 Å². The SMILES string of the molecule is Cc1ccc(NC(=O)c2ccc(N3CCCNS3(=O)=O)cc2Cl)cc1-c1nccc2ncccc12. The Bertz CT molecular complexity index is 1550. The number of nitrogens with zero attached hydrogens (tertiary/aromatic N) is 3. The molecule has 2 aromatic carbocycles. The van der Waals surface area contributed by atoms with Crippen LogP contribution in [0.2, 0.25) is 5.02 Å². The van der Waals surface area contributed by atoms with Crippen LogP contribution in [0, 0.1) is 6.92 Å². The molecule has 0 atom stereocenters. The molecule has 1 amide bonds. The van der Waals surface area contributed by atoms with Gasteiger partial charge >= 0.3 is 10.2 Å². The maximum Gasteiger partial charge on any atom is 0.301 e. The van der Waals surface area contributed by atoms with Crippen molar-refractivity contribution in [1.29, 1.82) is 0 Å². The molecule has 0 saturated carbocycles. The number of carbonyl (C=O) groups is 1. The molecule has 1 aliphatic heterocycles. The zero-order valence-electron chi connectivity index (χ0n) is 18.8. The summed E-state index contributed by atoms with van der Waals surface area (Å²) in [5.74, 6) is -0.400. The van der Waals surface area contributed by atoms with Crippen molar-refractivity contribution in [2.75, 3.05) is 22.7 Å². The quantitative estimate of drug-likeness (QED) is 0.421. The standard InChI is InChI=1S/C25H22ClN5O3S/c1-16-5-6-17(14-21(16)24-20-4-2-10-27-23(20)9-12-28-24)30-25(32)19-8-7-18(15-22(19)26)31-13-3-11-29-35(31,33)34/h2,4-10,12,14-15,29H,3,11,13H2,1H3,(H,30,32). The van der Waals surface area contributed by atoms with Crippen LogP contribution >= 0.6 is 11.6 Å². The Hall–Kier alpha value is -3.53. The van der Waals surface area contributed by atoms with Gasteiger partial charge in [0, 0.05) is 42.1 Å². The molecule has 5 rings (SSSR count). The highest BCUT2D eigenvalue weighted by atomic mass is 35.5. The van der Waals surface area contributed by atoms with Crippen molar-refractivity contribution in [3.8, 4) is 11.3 Å². The van der Waals surface area contributed by atoms with Gasteiger partial charge in [-0.2, -0.15) is 13.1 Å². The normalized spacial score (nSPS) is 15.2. The first-order chi connectivity index (χ1) is 16.8. The van der Waals surface area contributed by atoms with Gasteiger partial charge in [0.25, 0.3) is 5.91 Å². The lowest BCUT2D eigenvalue weighted by Crippen LogP contribution is -2.47. The second-order valence-corrected chi connectivity index (χ2v) is 10.3.